The summed E-state index contributed by atoms with van der Waals surface area (Å²) in [6, 6.07) is 0. The molecule has 1 fully saturated rings. The summed E-state index contributed by atoms with van der Waals surface area (Å²) in [6.07, 6.45) is 0.470. The lowest BCUT2D eigenvalue weighted by Crippen LogP contribution is -2.48. The van der Waals surface area contributed by atoms with Gasteiger partial charge in [0.05, 0.1) is 11.5 Å². The highest BCUT2D eigenvalue weighted by Gasteiger charge is 2.49. The lowest BCUT2D eigenvalue weighted by molar-refractivity contribution is -0.182. The van der Waals surface area contributed by atoms with Crippen LogP contribution in [-0.4, -0.2) is 35.9 Å². The van der Waals surface area contributed by atoms with E-state index in [1.54, 1.807) is 0 Å². The van der Waals surface area contributed by atoms with E-state index in [0.29, 0.717) is 32.2 Å². The van der Waals surface area contributed by atoms with Crippen molar-refractivity contribution in [3.05, 3.63) is 0 Å². The van der Waals surface area contributed by atoms with Crippen LogP contribution in [0.25, 0.3) is 0 Å². The molecule has 1 aliphatic rings. The van der Waals surface area contributed by atoms with Crippen molar-refractivity contribution in [1.29, 1.82) is 0 Å². The van der Waals surface area contributed by atoms with E-state index in [1.807, 2.05) is 27.7 Å². The lowest BCUT2D eigenvalue weighted by atomic mass is 9.61. The smallest absolute Gasteiger partial charge is 0.312 e. The van der Waals surface area contributed by atoms with Crippen LogP contribution in [0, 0.1) is 16.2 Å². The highest BCUT2D eigenvalue weighted by Crippen LogP contribution is 2.47. The van der Waals surface area contributed by atoms with Crippen LogP contribution < -0.4 is 0 Å². The van der Waals surface area contributed by atoms with Crippen LogP contribution in [0.4, 0.5) is 0 Å². The van der Waals surface area contributed by atoms with Gasteiger partial charge < -0.3 is 14.6 Å². The van der Waals surface area contributed by atoms with E-state index < -0.39 is 17.6 Å². The molecule has 24 heavy (non-hydrogen) atoms. The van der Waals surface area contributed by atoms with Gasteiger partial charge in [-0.05, 0) is 37.0 Å². The zero-order valence-electron chi connectivity index (χ0n) is 16.2. The molecule has 0 bridgehead atoms. The average molecular weight is 342 g/mol. The van der Waals surface area contributed by atoms with Crippen molar-refractivity contribution in [3.8, 4) is 0 Å². The molecule has 0 aromatic rings. The Morgan fingerprint density at radius 1 is 1.12 bits per heavy atom. The van der Waals surface area contributed by atoms with E-state index in [4.69, 9.17) is 9.47 Å². The van der Waals surface area contributed by atoms with Gasteiger partial charge in [0, 0.05) is 6.42 Å². The number of aliphatic hydroxyl groups excluding tert-OH is 1. The van der Waals surface area contributed by atoms with Gasteiger partial charge in [-0.3, -0.25) is 9.59 Å². The molecular weight excluding hydrogens is 308 g/mol. The number of carbonyl (C=O) groups is 2. The number of hydrogen-bond donors (Lipinski definition) is 1. The van der Waals surface area contributed by atoms with Crippen molar-refractivity contribution in [2.75, 3.05) is 0 Å². The molecule has 1 N–H and O–H groups in total. The SMILES string of the molecule is CC(C)(C)CC(C)(C(=O)OC1CCC(OC=O)CC1O)C(C)(C)C. The number of ether oxygens (including phenoxy) is 2. The van der Waals surface area contributed by atoms with Gasteiger partial charge in [-0.1, -0.05) is 41.5 Å². The lowest BCUT2D eigenvalue weighted by Gasteiger charge is -2.44. The molecule has 140 valence electrons. The van der Waals surface area contributed by atoms with Gasteiger partial charge in [0.1, 0.15) is 12.2 Å². The molecule has 1 rings (SSSR count). The number of esters is 1. The molecular formula is C19H34O5. The van der Waals surface area contributed by atoms with Gasteiger partial charge in [0.15, 0.2) is 0 Å². The Bertz CT molecular complexity index is 446. The van der Waals surface area contributed by atoms with Crippen molar-refractivity contribution in [2.24, 2.45) is 16.2 Å². The van der Waals surface area contributed by atoms with Gasteiger partial charge in [0.25, 0.3) is 6.47 Å². The maximum absolute atomic E-state index is 13.0. The molecule has 0 heterocycles. The van der Waals surface area contributed by atoms with E-state index >= 15 is 0 Å². The molecule has 0 amide bonds. The Labute approximate surface area is 146 Å². The number of carbonyl (C=O) groups excluding carboxylic acids is 2. The molecule has 1 aliphatic carbocycles. The zero-order chi connectivity index (χ0) is 18.8. The predicted molar refractivity (Wildman–Crippen MR) is 92.3 cm³/mol. The fourth-order valence-corrected chi connectivity index (χ4v) is 3.39. The Morgan fingerprint density at radius 3 is 2.12 bits per heavy atom. The summed E-state index contributed by atoms with van der Waals surface area (Å²) in [5.41, 5.74) is -0.934. The topological polar surface area (TPSA) is 72.8 Å². The second-order valence-corrected chi connectivity index (χ2v) is 9.50. The maximum atomic E-state index is 13.0. The summed E-state index contributed by atoms with van der Waals surface area (Å²) in [6.45, 7) is 14.8. The van der Waals surface area contributed by atoms with Crippen LogP contribution in [-0.2, 0) is 19.1 Å². The second kappa shape index (κ2) is 7.42. The maximum Gasteiger partial charge on any atom is 0.312 e. The van der Waals surface area contributed by atoms with E-state index in [2.05, 4.69) is 20.8 Å². The quantitative estimate of drug-likeness (QED) is 0.612. The summed E-state index contributed by atoms with van der Waals surface area (Å²) in [5.74, 6) is -0.260. The second-order valence-electron chi connectivity index (χ2n) is 9.50. The van der Waals surface area contributed by atoms with E-state index in [9.17, 15) is 14.7 Å². The molecule has 0 aromatic heterocycles. The Hall–Kier alpha value is -1.10. The van der Waals surface area contributed by atoms with Crippen LogP contribution in [0.1, 0.15) is 74.1 Å². The Balaban J connectivity index is 2.84. The minimum atomic E-state index is -0.800. The van der Waals surface area contributed by atoms with Crippen LogP contribution >= 0.6 is 0 Å². The summed E-state index contributed by atoms with van der Waals surface area (Å²) in [4.78, 5) is 23.4. The molecule has 0 spiro atoms. The highest BCUT2D eigenvalue weighted by molar-refractivity contribution is 5.77. The van der Waals surface area contributed by atoms with Crippen molar-refractivity contribution in [2.45, 2.75) is 92.5 Å². The standard InChI is InChI=1S/C19H34O5/c1-17(2,3)11-19(7,18(4,5)6)16(22)24-15-9-8-13(23-12-20)10-14(15)21/h12-15,21H,8-11H2,1-7H3. The molecule has 4 atom stereocenters. The summed E-state index contributed by atoms with van der Waals surface area (Å²) < 4.78 is 10.6. The number of hydrogen-bond acceptors (Lipinski definition) is 5. The zero-order valence-corrected chi connectivity index (χ0v) is 16.2. The normalized spacial score (nSPS) is 27.9. The van der Waals surface area contributed by atoms with Crippen LogP contribution in [0.15, 0.2) is 0 Å². The third-order valence-electron chi connectivity index (χ3n) is 5.20. The van der Waals surface area contributed by atoms with E-state index in [-0.39, 0.29) is 22.9 Å². The van der Waals surface area contributed by atoms with Gasteiger partial charge in [-0.15, -0.1) is 0 Å². The fraction of sp³-hybridized carbons (Fsp3) is 0.895. The van der Waals surface area contributed by atoms with Crippen molar-refractivity contribution >= 4 is 12.4 Å². The van der Waals surface area contributed by atoms with Crippen molar-refractivity contribution < 1.29 is 24.2 Å². The number of rotatable bonds is 5. The third-order valence-corrected chi connectivity index (χ3v) is 5.20. The third kappa shape index (κ3) is 5.20. The van der Waals surface area contributed by atoms with Gasteiger partial charge in [-0.2, -0.15) is 0 Å². The first-order valence-corrected chi connectivity index (χ1v) is 8.78. The first kappa shape index (κ1) is 20.9. The van der Waals surface area contributed by atoms with Gasteiger partial charge >= 0.3 is 5.97 Å². The predicted octanol–water partition coefficient (Wildman–Crippen LogP) is 3.47. The fourth-order valence-electron chi connectivity index (χ4n) is 3.39. The largest absolute Gasteiger partial charge is 0.464 e. The van der Waals surface area contributed by atoms with Gasteiger partial charge in [0.2, 0.25) is 0 Å². The van der Waals surface area contributed by atoms with E-state index in [0.717, 1.165) is 0 Å². The molecule has 0 radical (unpaired) electrons. The molecule has 0 saturated heterocycles. The summed E-state index contributed by atoms with van der Waals surface area (Å²) in [5, 5.41) is 10.2. The van der Waals surface area contributed by atoms with Crippen LogP contribution in [0.2, 0.25) is 0 Å². The molecule has 5 heteroatoms. The van der Waals surface area contributed by atoms with Crippen molar-refractivity contribution in [1.82, 2.24) is 0 Å². The van der Waals surface area contributed by atoms with Crippen LogP contribution in [0.3, 0.4) is 0 Å². The molecule has 0 aliphatic heterocycles. The highest BCUT2D eigenvalue weighted by atomic mass is 16.6. The monoisotopic (exact) mass is 342 g/mol. The summed E-state index contributed by atoms with van der Waals surface area (Å²) in [7, 11) is 0. The summed E-state index contributed by atoms with van der Waals surface area (Å²) >= 11 is 0. The molecule has 0 aromatic carbocycles. The number of aliphatic hydroxyl groups is 1. The Kier molecular flexibility index (Phi) is 6.48. The minimum Gasteiger partial charge on any atom is -0.464 e. The first-order chi connectivity index (χ1) is 10.8. The molecule has 5 nitrogen and oxygen atoms in total. The average Bonchev–Trinajstić information content (AvgIpc) is 2.38. The van der Waals surface area contributed by atoms with Crippen molar-refractivity contribution in [3.63, 3.8) is 0 Å². The Morgan fingerprint density at radius 2 is 1.71 bits per heavy atom. The first-order valence-electron chi connectivity index (χ1n) is 8.78. The molecule has 1 saturated carbocycles. The van der Waals surface area contributed by atoms with Gasteiger partial charge in [-0.25, -0.2) is 0 Å². The molecule has 4 unspecified atom stereocenters. The van der Waals surface area contributed by atoms with E-state index in [1.165, 1.54) is 0 Å². The van der Waals surface area contributed by atoms with Crippen LogP contribution in [0.5, 0.6) is 0 Å². The minimum absolute atomic E-state index is 0.0187.